The first kappa shape index (κ1) is 15.2. The maximum atomic E-state index is 12.2. The highest BCUT2D eigenvalue weighted by Gasteiger charge is 2.38. The Morgan fingerprint density at radius 3 is 2.60 bits per heavy atom. The second-order valence-corrected chi connectivity index (χ2v) is 6.03. The molecule has 1 atom stereocenters. The van der Waals surface area contributed by atoms with E-state index in [4.69, 9.17) is 11.6 Å². The molecule has 1 N–H and O–H groups in total. The smallest absolute Gasteiger partial charge is 0.325 e. The Hall–Kier alpha value is -1.23. The first-order valence-corrected chi connectivity index (χ1v) is 6.71. The van der Waals surface area contributed by atoms with Crippen molar-refractivity contribution in [2.45, 2.75) is 43.7 Å². The van der Waals surface area contributed by atoms with Crippen LogP contribution in [0.25, 0.3) is 0 Å². The van der Waals surface area contributed by atoms with Crippen LogP contribution in [0.3, 0.4) is 0 Å². The maximum Gasteiger partial charge on any atom is 0.389 e. The fourth-order valence-corrected chi connectivity index (χ4v) is 2.49. The van der Waals surface area contributed by atoms with E-state index in [1.165, 1.54) is 0 Å². The van der Waals surface area contributed by atoms with Crippen molar-refractivity contribution in [3.63, 3.8) is 0 Å². The van der Waals surface area contributed by atoms with E-state index in [1.807, 2.05) is 0 Å². The summed E-state index contributed by atoms with van der Waals surface area (Å²) in [6, 6.07) is 5.08. The lowest BCUT2D eigenvalue weighted by molar-refractivity contribution is -0.135. The lowest BCUT2D eigenvalue weighted by atomic mass is 9.85. The molecule has 6 heteroatoms. The van der Waals surface area contributed by atoms with Gasteiger partial charge in [-0.25, -0.2) is 0 Å². The summed E-state index contributed by atoms with van der Waals surface area (Å²) in [5.74, 6) is -0.119. The van der Waals surface area contributed by atoms with Crippen LogP contribution in [0, 0.1) is 0 Å². The number of nitrogens with one attached hydrogen (secondary N) is 1. The molecule has 110 valence electrons. The average molecular weight is 306 g/mol. The molecule has 0 saturated carbocycles. The minimum absolute atomic E-state index is 0.119. The fraction of sp³-hybridized carbons (Fsp3) is 0.500. The monoisotopic (exact) mass is 305 g/mol. The zero-order chi connectivity index (χ0) is 15.1. The summed E-state index contributed by atoms with van der Waals surface area (Å²) < 4.78 is 36.6. The van der Waals surface area contributed by atoms with Gasteiger partial charge >= 0.3 is 6.18 Å². The van der Waals surface area contributed by atoms with Gasteiger partial charge in [0, 0.05) is 12.1 Å². The molecule has 0 aliphatic carbocycles. The highest BCUT2D eigenvalue weighted by Crippen LogP contribution is 2.40. The zero-order valence-electron chi connectivity index (χ0n) is 11.1. The number of benzene rings is 1. The van der Waals surface area contributed by atoms with E-state index in [0.717, 1.165) is 5.56 Å². The molecule has 1 aromatic carbocycles. The van der Waals surface area contributed by atoms with Crippen LogP contribution < -0.4 is 5.32 Å². The molecular weight excluding hydrogens is 291 g/mol. The van der Waals surface area contributed by atoms with Crippen molar-refractivity contribution < 1.29 is 18.0 Å². The molecule has 1 amide bonds. The van der Waals surface area contributed by atoms with Crippen LogP contribution in [-0.2, 0) is 10.2 Å². The van der Waals surface area contributed by atoms with Gasteiger partial charge in [0.1, 0.15) is 0 Å². The molecule has 1 unspecified atom stereocenters. The molecule has 0 bridgehead atoms. The lowest BCUT2D eigenvalue weighted by Crippen LogP contribution is -2.26. The summed E-state index contributed by atoms with van der Waals surface area (Å²) in [6.07, 6.45) is -5.30. The summed E-state index contributed by atoms with van der Waals surface area (Å²) in [7, 11) is 0. The highest BCUT2D eigenvalue weighted by atomic mass is 35.5. The van der Waals surface area contributed by atoms with Crippen molar-refractivity contribution in [3.05, 3.63) is 29.3 Å². The predicted molar refractivity (Wildman–Crippen MR) is 72.0 cm³/mol. The Balaban J connectivity index is 2.20. The van der Waals surface area contributed by atoms with Gasteiger partial charge in [-0.3, -0.25) is 4.79 Å². The van der Waals surface area contributed by atoms with Crippen LogP contribution >= 0.6 is 11.6 Å². The zero-order valence-corrected chi connectivity index (χ0v) is 11.9. The normalized spacial score (nSPS) is 18.6. The number of anilines is 1. The molecule has 1 heterocycles. The van der Waals surface area contributed by atoms with Gasteiger partial charge in [0.15, 0.2) is 0 Å². The molecule has 1 aromatic rings. The van der Waals surface area contributed by atoms with Crippen LogP contribution in [0.1, 0.15) is 43.2 Å². The van der Waals surface area contributed by atoms with Gasteiger partial charge in [-0.1, -0.05) is 12.1 Å². The van der Waals surface area contributed by atoms with Crippen molar-refractivity contribution in [2.24, 2.45) is 0 Å². The number of fused-ring (bicyclic) bond motifs is 1. The molecule has 20 heavy (non-hydrogen) atoms. The van der Waals surface area contributed by atoms with Crippen molar-refractivity contribution in [3.8, 4) is 0 Å². The summed E-state index contributed by atoms with van der Waals surface area (Å²) in [5.41, 5.74) is 1.40. The topological polar surface area (TPSA) is 29.1 Å². The van der Waals surface area contributed by atoms with Gasteiger partial charge in [0.05, 0.1) is 10.8 Å². The number of amides is 1. The number of alkyl halides is 4. The number of carbonyl (C=O) groups excluding carboxylic acids is 1. The first-order valence-electron chi connectivity index (χ1n) is 6.28. The van der Waals surface area contributed by atoms with Gasteiger partial charge in [-0.2, -0.15) is 13.2 Å². The molecule has 0 aromatic heterocycles. The van der Waals surface area contributed by atoms with Crippen molar-refractivity contribution in [1.82, 2.24) is 0 Å². The standard InChI is InChI=1S/C14H15ClF3NO/c1-13(2)9-7-8(3-4-11(9)19-12(13)20)10(15)5-6-14(16,17)18/h3-4,7,10H,5-6H2,1-2H3,(H,19,20). The van der Waals surface area contributed by atoms with Crippen LogP contribution in [0.15, 0.2) is 18.2 Å². The fourth-order valence-electron chi connectivity index (χ4n) is 2.24. The number of halogens is 4. The maximum absolute atomic E-state index is 12.2. The molecular formula is C14H15ClF3NO. The summed E-state index contributed by atoms with van der Waals surface area (Å²) in [4.78, 5) is 11.8. The Bertz CT molecular complexity index is 540. The SMILES string of the molecule is CC1(C)C(=O)Nc2ccc(C(Cl)CCC(F)(F)F)cc21. The number of hydrogen-bond acceptors (Lipinski definition) is 1. The van der Waals surface area contributed by atoms with E-state index < -0.39 is 23.4 Å². The minimum Gasteiger partial charge on any atom is -0.325 e. The summed E-state index contributed by atoms with van der Waals surface area (Å²) >= 11 is 6.04. The third-order valence-electron chi connectivity index (χ3n) is 3.58. The predicted octanol–water partition coefficient (Wildman–Crippen LogP) is 4.54. The van der Waals surface area contributed by atoms with Crippen LogP contribution in [-0.4, -0.2) is 12.1 Å². The lowest BCUT2D eigenvalue weighted by Gasteiger charge is -2.17. The molecule has 0 spiro atoms. The Kier molecular flexibility index (Phi) is 3.75. The summed E-state index contributed by atoms with van der Waals surface area (Å²) in [6.45, 7) is 3.55. The Morgan fingerprint density at radius 2 is 2.00 bits per heavy atom. The van der Waals surface area contributed by atoms with Gasteiger partial charge in [0.25, 0.3) is 0 Å². The molecule has 1 aliphatic rings. The molecule has 1 aliphatic heterocycles. The Morgan fingerprint density at radius 1 is 1.35 bits per heavy atom. The van der Waals surface area contributed by atoms with Crippen LogP contribution in [0.2, 0.25) is 0 Å². The molecule has 0 fully saturated rings. The molecule has 2 nitrogen and oxygen atoms in total. The van der Waals surface area contributed by atoms with E-state index in [0.29, 0.717) is 11.3 Å². The molecule has 0 saturated heterocycles. The molecule has 0 radical (unpaired) electrons. The summed E-state index contributed by atoms with van der Waals surface area (Å²) in [5, 5.41) is 2.03. The quantitative estimate of drug-likeness (QED) is 0.816. The third-order valence-corrected chi connectivity index (χ3v) is 4.05. The second-order valence-electron chi connectivity index (χ2n) is 5.51. The van der Waals surface area contributed by atoms with Crippen LogP contribution in [0.4, 0.5) is 18.9 Å². The van der Waals surface area contributed by atoms with Crippen molar-refractivity contribution >= 4 is 23.2 Å². The highest BCUT2D eigenvalue weighted by molar-refractivity contribution is 6.20. The van der Waals surface area contributed by atoms with Crippen LogP contribution in [0.5, 0.6) is 0 Å². The van der Waals surface area contributed by atoms with Crippen molar-refractivity contribution in [1.29, 1.82) is 0 Å². The van der Waals surface area contributed by atoms with Gasteiger partial charge in [0.2, 0.25) is 5.91 Å². The number of rotatable bonds is 3. The van der Waals surface area contributed by atoms with Gasteiger partial charge in [-0.15, -0.1) is 11.6 Å². The first-order chi connectivity index (χ1) is 9.11. The third kappa shape index (κ3) is 2.92. The van der Waals surface area contributed by atoms with E-state index in [2.05, 4.69) is 5.32 Å². The van der Waals surface area contributed by atoms with E-state index in [9.17, 15) is 18.0 Å². The van der Waals surface area contributed by atoms with E-state index >= 15 is 0 Å². The van der Waals surface area contributed by atoms with Crippen molar-refractivity contribution in [2.75, 3.05) is 5.32 Å². The minimum atomic E-state index is -4.21. The van der Waals surface area contributed by atoms with E-state index in [1.54, 1.807) is 32.0 Å². The number of carbonyl (C=O) groups is 1. The van der Waals surface area contributed by atoms with Gasteiger partial charge < -0.3 is 5.32 Å². The van der Waals surface area contributed by atoms with E-state index in [-0.39, 0.29) is 12.3 Å². The second kappa shape index (κ2) is 4.95. The number of hydrogen-bond donors (Lipinski definition) is 1. The Labute approximate surface area is 120 Å². The largest absolute Gasteiger partial charge is 0.389 e. The molecule has 2 rings (SSSR count). The average Bonchev–Trinajstić information content (AvgIpc) is 2.56. The van der Waals surface area contributed by atoms with Gasteiger partial charge in [-0.05, 0) is 37.5 Å².